The minimum atomic E-state index is 0.223. The first-order chi connectivity index (χ1) is 8.19. The molecule has 1 unspecified atom stereocenters. The number of thioether (sulfide) groups is 1. The monoisotopic (exact) mass is 266 g/mol. The van der Waals surface area contributed by atoms with Crippen molar-refractivity contribution in [3.8, 4) is 11.8 Å². The third kappa shape index (κ3) is 3.09. The van der Waals surface area contributed by atoms with Gasteiger partial charge in [0.2, 0.25) is 0 Å². The standard InChI is InChI=1S/C12H11ClN2OS/c13-9-1-3-10(4-2-9)16-7-11-5-8(6-14)12(15)17-11/h1-4,11H,5,7,15H2. The molecule has 1 aliphatic heterocycles. The predicted octanol–water partition coefficient (Wildman–Crippen LogP) is 2.92. The average molecular weight is 267 g/mol. The summed E-state index contributed by atoms with van der Waals surface area (Å²) in [7, 11) is 0. The number of benzene rings is 1. The van der Waals surface area contributed by atoms with Crippen LogP contribution in [0.2, 0.25) is 5.02 Å². The summed E-state index contributed by atoms with van der Waals surface area (Å²) < 4.78 is 5.61. The molecule has 1 heterocycles. The van der Waals surface area contributed by atoms with E-state index in [1.165, 1.54) is 11.8 Å². The second kappa shape index (κ2) is 5.35. The molecule has 0 aromatic heterocycles. The number of nitrogens with zero attached hydrogens (tertiary/aromatic N) is 1. The van der Waals surface area contributed by atoms with Gasteiger partial charge in [-0.05, 0) is 24.3 Å². The number of ether oxygens (including phenoxy) is 1. The number of allylic oxidation sites excluding steroid dienone is 1. The van der Waals surface area contributed by atoms with Gasteiger partial charge in [0.1, 0.15) is 12.4 Å². The molecule has 1 aromatic carbocycles. The molecule has 2 N–H and O–H groups in total. The highest BCUT2D eigenvalue weighted by atomic mass is 35.5. The van der Waals surface area contributed by atoms with Crippen LogP contribution in [0.1, 0.15) is 6.42 Å². The lowest BCUT2D eigenvalue weighted by molar-refractivity contribution is 0.318. The maximum Gasteiger partial charge on any atom is 0.119 e. The van der Waals surface area contributed by atoms with E-state index in [1.807, 2.05) is 12.1 Å². The molecule has 0 amide bonds. The second-order valence-corrected chi connectivity index (χ2v) is 5.44. The van der Waals surface area contributed by atoms with Crippen molar-refractivity contribution in [3.05, 3.63) is 39.9 Å². The lowest BCUT2D eigenvalue weighted by atomic mass is 10.2. The van der Waals surface area contributed by atoms with E-state index in [0.29, 0.717) is 28.7 Å². The van der Waals surface area contributed by atoms with E-state index in [2.05, 4.69) is 6.07 Å². The number of nitriles is 1. The third-order valence-corrected chi connectivity index (χ3v) is 3.80. The molecule has 0 radical (unpaired) electrons. The number of hydrogen-bond donors (Lipinski definition) is 1. The van der Waals surface area contributed by atoms with E-state index < -0.39 is 0 Å². The van der Waals surface area contributed by atoms with E-state index in [4.69, 9.17) is 27.3 Å². The van der Waals surface area contributed by atoms with E-state index in [9.17, 15) is 0 Å². The van der Waals surface area contributed by atoms with Crippen LogP contribution in [0.25, 0.3) is 0 Å². The van der Waals surface area contributed by atoms with Gasteiger partial charge in [0.25, 0.3) is 0 Å². The smallest absolute Gasteiger partial charge is 0.119 e. The van der Waals surface area contributed by atoms with Gasteiger partial charge in [-0.25, -0.2) is 0 Å². The Hall–Kier alpha value is -1.31. The van der Waals surface area contributed by atoms with Crippen molar-refractivity contribution >= 4 is 23.4 Å². The molecule has 3 nitrogen and oxygen atoms in total. The zero-order valence-electron chi connectivity index (χ0n) is 9.02. The Morgan fingerprint density at radius 2 is 2.18 bits per heavy atom. The zero-order chi connectivity index (χ0) is 12.3. The molecule has 88 valence electrons. The van der Waals surface area contributed by atoms with Crippen molar-refractivity contribution in [2.75, 3.05) is 6.61 Å². The van der Waals surface area contributed by atoms with Gasteiger partial charge in [-0.1, -0.05) is 11.6 Å². The van der Waals surface area contributed by atoms with Crippen molar-refractivity contribution in [2.45, 2.75) is 11.7 Å². The summed E-state index contributed by atoms with van der Waals surface area (Å²) in [6.45, 7) is 0.540. The molecule has 1 atom stereocenters. The Balaban J connectivity index is 1.85. The van der Waals surface area contributed by atoms with E-state index in [0.717, 1.165) is 5.75 Å². The van der Waals surface area contributed by atoms with Crippen LogP contribution in [0.3, 0.4) is 0 Å². The van der Waals surface area contributed by atoms with E-state index >= 15 is 0 Å². The first-order valence-corrected chi connectivity index (χ1v) is 6.38. The minimum absolute atomic E-state index is 0.223. The molecule has 0 spiro atoms. The van der Waals surface area contributed by atoms with Crippen molar-refractivity contribution in [1.29, 1.82) is 5.26 Å². The van der Waals surface area contributed by atoms with Gasteiger partial charge in [-0.2, -0.15) is 5.26 Å². The summed E-state index contributed by atoms with van der Waals surface area (Å²) >= 11 is 7.28. The van der Waals surface area contributed by atoms with Gasteiger partial charge in [-0.15, -0.1) is 11.8 Å². The third-order valence-electron chi connectivity index (χ3n) is 2.41. The van der Waals surface area contributed by atoms with Crippen LogP contribution >= 0.6 is 23.4 Å². The Morgan fingerprint density at radius 3 is 2.76 bits per heavy atom. The van der Waals surface area contributed by atoms with Crippen LogP contribution in [0.5, 0.6) is 5.75 Å². The van der Waals surface area contributed by atoms with Crippen molar-refractivity contribution in [3.63, 3.8) is 0 Å². The lowest BCUT2D eigenvalue weighted by Crippen LogP contribution is -2.12. The molecule has 0 saturated carbocycles. The van der Waals surface area contributed by atoms with Gasteiger partial charge < -0.3 is 10.5 Å². The molecule has 1 aliphatic rings. The van der Waals surface area contributed by atoms with Crippen molar-refractivity contribution in [2.24, 2.45) is 5.73 Å². The summed E-state index contributed by atoms with van der Waals surface area (Å²) in [6, 6.07) is 9.32. The van der Waals surface area contributed by atoms with Crippen LogP contribution in [0.15, 0.2) is 34.9 Å². The van der Waals surface area contributed by atoms with Gasteiger partial charge in [0, 0.05) is 16.7 Å². The number of rotatable bonds is 3. The molecule has 0 bridgehead atoms. The Kier molecular flexibility index (Phi) is 3.82. The van der Waals surface area contributed by atoms with Crippen LogP contribution in [-0.4, -0.2) is 11.9 Å². The van der Waals surface area contributed by atoms with Crippen molar-refractivity contribution < 1.29 is 4.74 Å². The number of halogens is 1. The molecular formula is C12H11ClN2OS. The first-order valence-electron chi connectivity index (χ1n) is 5.13. The highest BCUT2D eigenvalue weighted by molar-refractivity contribution is 8.03. The quantitative estimate of drug-likeness (QED) is 0.914. The Morgan fingerprint density at radius 1 is 1.47 bits per heavy atom. The number of nitrogens with two attached hydrogens (primary N) is 1. The van der Waals surface area contributed by atoms with Crippen molar-refractivity contribution in [1.82, 2.24) is 0 Å². The van der Waals surface area contributed by atoms with Gasteiger partial charge >= 0.3 is 0 Å². The topological polar surface area (TPSA) is 59.0 Å². The Labute approximate surface area is 109 Å². The SMILES string of the molecule is N#CC1=C(N)SC(COc2ccc(Cl)cc2)C1. The van der Waals surface area contributed by atoms with Crippen LogP contribution in [-0.2, 0) is 0 Å². The average Bonchev–Trinajstić information content (AvgIpc) is 2.69. The summed E-state index contributed by atoms with van der Waals surface area (Å²) in [6.07, 6.45) is 0.681. The fraction of sp³-hybridized carbons (Fsp3) is 0.250. The van der Waals surface area contributed by atoms with Gasteiger partial charge in [-0.3, -0.25) is 0 Å². The molecule has 5 heteroatoms. The summed E-state index contributed by atoms with van der Waals surface area (Å²) in [5.41, 5.74) is 6.38. The van der Waals surface area contributed by atoms with E-state index in [1.54, 1.807) is 12.1 Å². The molecule has 0 fully saturated rings. The molecule has 0 aliphatic carbocycles. The van der Waals surface area contributed by atoms with Crippen LogP contribution in [0.4, 0.5) is 0 Å². The summed E-state index contributed by atoms with van der Waals surface area (Å²) in [5, 5.41) is 10.3. The van der Waals surface area contributed by atoms with Crippen LogP contribution < -0.4 is 10.5 Å². The highest BCUT2D eigenvalue weighted by Gasteiger charge is 2.23. The fourth-order valence-electron chi connectivity index (χ4n) is 1.53. The molecule has 0 saturated heterocycles. The highest BCUT2D eigenvalue weighted by Crippen LogP contribution is 2.34. The second-order valence-electron chi connectivity index (χ2n) is 3.66. The zero-order valence-corrected chi connectivity index (χ0v) is 10.6. The van der Waals surface area contributed by atoms with Gasteiger partial charge in [0.05, 0.1) is 16.7 Å². The van der Waals surface area contributed by atoms with E-state index in [-0.39, 0.29) is 5.25 Å². The van der Waals surface area contributed by atoms with Crippen LogP contribution in [0, 0.1) is 11.3 Å². The molecule has 17 heavy (non-hydrogen) atoms. The fourth-order valence-corrected chi connectivity index (χ4v) is 2.68. The van der Waals surface area contributed by atoms with Gasteiger partial charge in [0.15, 0.2) is 0 Å². The minimum Gasteiger partial charge on any atom is -0.492 e. The summed E-state index contributed by atoms with van der Waals surface area (Å²) in [4.78, 5) is 0. The maximum absolute atomic E-state index is 8.81. The molecular weight excluding hydrogens is 256 g/mol. The largest absolute Gasteiger partial charge is 0.492 e. The molecule has 1 aromatic rings. The first kappa shape index (κ1) is 12.2. The summed E-state index contributed by atoms with van der Waals surface area (Å²) in [5.74, 6) is 0.777. The lowest BCUT2D eigenvalue weighted by Gasteiger charge is -2.11. The Bertz CT molecular complexity index is 478. The maximum atomic E-state index is 8.81. The predicted molar refractivity (Wildman–Crippen MR) is 69.8 cm³/mol. The molecule has 2 rings (SSSR count). The number of hydrogen-bond acceptors (Lipinski definition) is 4. The normalized spacial score (nSPS) is 19.2.